The zero-order valence-electron chi connectivity index (χ0n) is 13.5. The largest absolute Gasteiger partial charge is 0.338 e. The molecule has 0 aromatic heterocycles. The molecule has 0 aliphatic heterocycles. The normalized spacial score (nSPS) is 11.9. The molecule has 0 saturated carbocycles. The molecule has 2 amide bonds. The van der Waals surface area contributed by atoms with Crippen LogP contribution in [0.15, 0.2) is 42.5 Å². The summed E-state index contributed by atoms with van der Waals surface area (Å²) < 4.78 is 13.8. The Morgan fingerprint density at radius 2 is 1.83 bits per heavy atom. The van der Waals surface area contributed by atoms with Crippen LogP contribution < -0.4 is 5.32 Å². The molecule has 0 aliphatic rings. The van der Waals surface area contributed by atoms with E-state index in [4.69, 9.17) is 23.2 Å². The predicted molar refractivity (Wildman–Crippen MR) is 96.1 cm³/mol. The van der Waals surface area contributed by atoms with Gasteiger partial charge in [-0.2, -0.15) is 0 Å². The van der Waals surface area contributed by atoms with Crippen molar-refractivity contribution in [2.45, 2.75) is 19.4 Å². The third-order valence-corrected chi connectivity index (χ3v) is 4.31. The van der Waals surface area contributed by atoms with Crippen LogP contribution in [0, 0.1) is 5.82 Å². The van der Waals surface area contributed by atoms with E-state index in [9.17, 15) is 9.18 Å². The van der Waals surface area contributed by atoms with Gasteiger partial charge in [0.15, 0.2) is 0 Å². The molecule has 1 N–H and O–H groups in total. The summed E-state index contributed by atoms with van der Waals surface area (Å²) in [5.41, 5.74) is 1.43. The van der Waals surface area contributed by atoms with Crippen molar-refractivity contribution in [3.8, 4) is 0 Å². The molecule has 2 aromatic rings. The van der Waals surface area contributed by atoms with Crippen LogP contribution in [0.2, 0.25) is 10.0 Å². The molecule has 2 rings (SSSR count). The van der Waals surface area contributed by atoms with Gasteiger partial charge in [-0.15, -0.1) is 0 Å². The van der Waals surface area contributed by atoms with Crippen molar-refractivity contribution < 1.29 is 9.18 Å². The van der Waals surface area contributed by atoms with Crippen LogP contribution in [-0.4, -0.2) is 24.5 Å². The highest BCUT2D eigenvalue weighted by Gasteiger charge is 2.19. The summed E-state index contributed by atoms with van der Waals surface area (Å²) in [6.07, 6.45) is 0.605. The van der Waals surface area contributed by atoms with Crippen LogP contribution in [0.25, 0.3) is 0 Å². The third-order valence-electron chi connectivity index (χ3n) is 3.87. The van der Waals surface area contributed by atoms with E-state index in [-0.39, 0.29) is 17.9 Å². The Labute approximate surface area is 151 Å². The molecule has 0 heterocycles. The molecule has 2 aromatic carbocycles. The molecule has 24 heavy (non-hydrogen) atoms. The van der Waals surface area contributed by atoms with E-state index >= 15 is 0 Å². The first-order chi connectivity index (χ1) is 11.4. The number of benzene rings is 2. The highest BCUT2D eigenvalue weighted by Crippen LogP contribution is 2.22. The minimum atomic E-state index is -0.369. The first-order valence-electron chi connectivity index (χ1n) is 7.58. The van der Waals surface area contributed by atoms with E-state index in [0.29, 0.717) is 28.6 Å². The Balaban J connectivity index is 1.91. The molecule has 0 bridgehead atoms. The van der Waals surface area contributed by atoms with Gasteiger partial charge in [0.25, 0.3) is 0 Å². The Bertz CT molecular complexity index is 704. The monoisotopic (exact) mass is 368 g/mol. The Kier molecular flexibility index (Phi) is 6.46. The second-order valence-corrected chi connectivity index (χ2v) is 6.44. The molecule has 0 radical (unpaired) electrons. The summed E-state index contributed by atoms with van der Waals surface area (Å²) in [6.45, 7) is 2.22. The van der Waals surface area contributed by atoms with Crippen LogP contribution >= 0.6 is 23.2 Å². The number of halogens is 3. The highest BCUT2D eigenvalue weighted by molar-refractivity contribution is 6.34. The molecular formula is C18H19Cl2FN2O. The zero-order valence-corrected chi connectivity index (χ0v) is 15.0. The van der Waals surface area contributed by atoms with Gasteiger partial charge in [-0.25, -0.2) is 9.18 Å². The Morgan fingerprint density at radius 1 is 1.21 bits per heavy atom. The van der Waals surface area contributed by atoms with Crippen molar-refractivity contribution in [3.63, 3.8) is 0 Å². The first kappa shape index (κ1) is 18.6. The van der Waals surface area contributed by atoms with Gasteiger partial charge < -0.3 is 10.2 Å². The second kappa shape index (κ2) is 8.36. The molecule has 0 fully saturated rings. The number of nitrogens with one attached hydrogen (secondary N) is 1. The molecule has 1 unspecified atom stereocenters. The van der Waals surface area contributed by atoms with Crippen LogP contribution in [0.4, 0.5) is 9.18 Å². The van der Waals surface area contributed by atoms with Gasteiger partial charge in [0.05, 0.1) is 6.04 Å². The lowest BCUT2D eigenvalue weighted by atomic mass is 10.1. The van der Waals surface area contributed by atoms with E-state index in [1.807, 2.05) is 12.1 Å². The fraction of sp³-hybridized carbons (Fsp3) is 0.278. The number of rotatable bonds is 5. The minimum absolute atomic E-state index is 0.265. The van der Waals surface area contributed by atoms with Gasteiger partial charge in [0, 0.05) is 29.2 Å². The summed E-state index contributed by atoms with van der Waals surface area (Å²) in [5.74, 6) is -0.321. The lowest BCUT2D eigenvalue weighted by Gasteiger charge is -2.26. The lowest BCUT2D eigenvalue weighted by molar-refractivity contribution is 0.193. The maximum Gasteiger partial charge on any atom is 0.317 e. The average molecular weight is 369 g/mol. The van der Waals surface area contributed by atoms with Gasteiger partial charge in [0.1, 0.15) is 5.82 Å². The molecule has 128 valence electrons. The average Bonchev–Trinajstić information content (AvgIpc) is 2.53. The van der Waals surface area contributed by atoms with Gasteiger partial charge in [-0.1, -0.05) is 41.4 Å². The minimum Gasteiger partial charge on any atom is -0.338 e. The molecule has 0 saturated heterocycles. The predicted octanol–water partition coefficient (Wildman–Crippen LogP) is 5.08. The van der Waals surface area contributed by atoms with Crippen molar-refractivity contribution in [1.29, 1.82) is 0 Å². The number of nitrogens with zero attached hydrogens (tertiary/aromatic N) is 1. The molecule has 3 nitrogen and oxygen atoms in total. The summed E-state index contributed by atoms with van der Waals surface area (Å²) >= 11 is 11.9. The smallest absolute Gasteiger partial charge is 0.317 e. The number of carbonyl (C=O) groups excluding carboxylic acids is 1. The Hall–Kier alpha value is -1.78. The van der Waals surface area contributed by atoms with Crippen LogP contribution in [0.5, 0.6) is 0 Å². The molecule has 6 heteroatoms. The second-order valence-electron chi connectivity index (χ2n) is 5.57. The van der Waals surface area contributed by atoms with Crippen molar-refractivity contribution in [1.82, 2.24) is 10.2 Å². The number of hydrogen-bond acceptors (Lipinski definition) is 1. The third kappa shape index (κ3) is 4.86. The van der Waals surface area contributed by atoms with Crippen molar-refractivity contribution >= 4 is 29.2 Å². The quantitative estimate of drug-likeness (QED) is 0.784. The van der Waals surface area contributed by atoms with Crippen molar-refractivity contribution in [2.24, 2.45) is 0 Å². The Morgan fingerprint density at radius 3 is 2.46 bits per heavy atom. The van der Waals surface area contributed by atoms with Crippen molar-refractivity contribution in [3.05, 3.63) is 69.5 Å². The molecule has 1 atom stereocenters. The van der Waals surface area contributed by atoms with Crippen LogP contribution in [0.3, 0.4) is 0 Å². The summed E-state index contributed by atoms with van der Waals surface area (Å²) in [7, 11) is 1.64. The standard InChI is InChI=1S/C18H19Cl2FN2O/c1-12(16-5-3-4-6-17(16)21)23(2)18(24)22-8-7-13-9-14(19)11-15(20)10-13/h3-6,9-12H,7-8H2,1-2H3,(H,22,24). The highest BCUT2D eigenvalue weighted by atomic mass is 35.5. The van der Waals surface area contributed by atoms with E-state index in [1.165, 1.54) is 11.0 Å². The topological polar surface area (TPSA) is 32.3 Å². The fourth-order valence-corrected chi connectivity index (χ4v) is 2.96. The van der Waals surface area contributed by atoms with Crippen LogP contribution in [-0.2, 0) is 6.42 Å². The van der Waals surface area contributed by atoms with E-state index < -0.39 is 0 Å². The fourth-order valence-electron chi connectivity index (χ4n) is 2.39. The van der Waals surface area contributed by atoms with Gasteiger partial charge in [-0.3, -0.25) is 0 Å². The number of carbonyl (C=O) groups is 1. The maximum atomic E-state index is 13.8. The SMILES string of the molecule is CC(c1ccccc1F)N(C)C(=O)NCCc1cc(Cl)cc(Cl)c1. The number of amides is 2. The summed E-state index contributed by atoms with van der Waals surface area (Å²) in [5, 5.41) is 3.95. The molecule has 0 aliphatic carbocycles. The van der Waals surface area contributed by atoms with Gasteiger partial charge in [-0.05, 0) is 43.2 Å². The van der Waals surface area contributed by atoms with Gasteiger partial charge >= 0.3 is 6.03 Å². The summed E-state index contributed by atoms with van der Waals surface area (Å²) in [4.78, 5) is 13.7. The maximum absolute atomic E-state index is 13.8. The summed E-state index contributed by atoms with van der Waals surface area (Å²) in [6, 6.07) is 11.1. The number of urea groups is 1. The molecular weight excluding hydrogens is 350 g/mol. The van der Waals surface area contributed by atoms with Crippen molar-refractivity contribution in [2.75, 3.05) is 13.6 Å². The van der Waals surface area contributed by atoms with Crippen LogP contribution in [0.1, 0.15) is 24.1 Å². The number of hydrogen-bond donors (Lipinski definition) is 1. The molecule has 0 spiro atoms. The van der Waals surface area contributed by atoms with E-state index in [2.05, 4.69) is 5.32 Å². The zero-order chi connectivity index (χ0) is 17.7. The van der Waals surface area contributed by atoms with E-state index in [1.54, 1.807) is 38.2 Å². The van der Waals surface area contributed by atoms with E-state index in [0.717, 1.165) is 5.56 Å². The first-order valence-corrected chi connectivity index (χ1v) is 8.34. The lowest BCUT2D eigenvalue weighted by Crippen LogP contribution is -2.39. The van der Waals surface area contributed by atoms with Gasteiger partial charge in [0.2, 0.25) is 0 Å².